The summed E-state index contributed by atoms with van der Waals surface area (Å²) >= 11 is 0. The first kappa shape index (κ1) is 28.4. The van der Waals surface area contributed by atoms with E-state index in [0.717, 1.165) is 67.1 Å². The summed E-state index contributed by atoms with van der Waals surface area (Å²) in [6, 6.07) is 6.95. The maximum absolute atomic E-state index is 15.1. The number of ether oxygens (including phenoxy) is 1. The Morgan fingerprint density at radius 2 is 1.95 bits per heavy atom. The van der Waals surface area contributed by atoms with Crippen LogP contribution in [0.5, 0.6) is 0 Å². The second-order valence-corrected chi connectivity index (χ2v) is 11.6. The summed E-state index contributed by atoms with van der Waals surface area (Å²) < 4.78 is 24.3. The van der Waals surface area contributed by atoms with E-state index in [2.05, 4.69) is 20.6 Å². The summed E-state index contributed by atoms with van der Waals surface area (Å²) in [6.07, 6.45) is 7.29. The zero-order valence-corrected chi connectivity index (χ0v) is 25.0. The number of nitrogens with zero attached hydrogens (tertiary/aromatic N) is 7. The third kappa shape index (κ3) is 5.39. The minimum absolute atomic E-state index is 0.125. The average molecular weight is 598 g/mol. The van der Waals surface area contributed by atoms with Crippen molar-refractivity contribution in [3.05, 3.63) is 64.1 Å². The molecule has 0 bridgehead atoms. The summed E-state index contributed by atoms with van der Waals surface area (Å²) in [5.74, 6) is 0.277. The fraction of sp³-hybridized carbons (Fsp3) is 0.406. The highest BCUT2D eigenvalue weighted by Gasteiger charge is 2.24. The van der Waals surface area contributed by atoms with Gasteiger partial charge in [-0.15, -0.1) is 0 Å². The first-order valence-corrected chi connectivity index (χ1v) is 15.2. The maximum Gasteiger partial charge on any atom is 0.260 e. The van der Waals surface area contributed by atoms with Gasteiger partial charge in [-0.25, -0.2) is 14.1 Å². The summed E-state index contributed by atoms with van der Waals surface area (Å²) in [6.45, 7) is 9.57. The smallest absolute Gasteiger partial charge is 0.260 e. The number of anilines is 3. The molecule has 4 aromatic rings. The maximum atomic E-state index is 15.1. The summed E-state index contributed by atoms with van der Waals surface area (Å²) in [5.41, 5.74) is 5.45. The average Bonchev–Trinajstić information content (AvgIpc) is 3.67. The third-order valence-corrected chi connectivity index (χ3v) is 8.70. The molecule has 0 atom stereocenters. The first-order chi connectivity index (χ1) is 21.5. The SMILES string of the molecule is Cc1nn(C2=CCN=C2)c(C)c1-c1cc2cnc(Nc3ccc(N4CCNCC4)c(F)c3)nc2n(CC2CCOCC2)c1=O. The predicted octanol–water partition coefficient (Wildman–Crippen LogP) is 3.92. The van der Waals surface area contributed by atoms with E-state index in [9.17, 15) is 4.79 Å². The number of allylic oxidation sites excluding steroid dienone is 1. The Labute approximate surface area is 254 Å². The van der Waals surface area contributed by atoms with E-state index in [0.29, 0.717) is 54.8 Å². The van der Waals surface area contributed by atoms with Crippen molar-refractivity contribution in [2.45, 2.75) is 33.2 Å². The van der Waals surface area contributed by atoms with Crippen LogP contribution in [0.25, 0.3) is 27.9 Å². The molecule has 44 heavy (non-hydrogen) atoms. The van der Waals surface area contributed by atoms with Crippen LogP contribution >= 0.6 is 0 Å². The van der Waals surface area contributed by atoms with Crippen LogP contribution in [0, 0.1) is 25.6 Å². The Morgan fingerprint density at radius 3 is 2.70 bits per heavy atom. The van der Waals surface area contributed by atoms with Crippen molar-refractivity contribution < 1.29 is 9.13 Å². The van der Waals surface area contributed by atoms with Gasteiger partial charge in [0.1, 0.15) is 11.5 Å². The number of benzene rings is 1. The molecule has 11 nitrogen and oxygen atoms in total. The number of nitrogens with one attached hydrogen (secondary N) is 2. The van der Waals surface area contributed by atoms with Crippen molar-refractivity contribution in [3.8, 4) is 11.1 Å². The van der Waals surface area contributed by atoms with Crippen molar-refractivity contribution in [1.29, 1.82) is 0 Å². The standard InChI is InChI=1S/C32H36FN9O2/c1-20-29(21(2)42(39-20)25-5-8-35-18-25)26-15-23-17-36-32(38-30(23)41(31(26)43)19-22-6-13-44-14-7-22)37-24-3-4-28(27(33)16-24)40-11-9-34-10-12-40/h3-5,15-18,22,34H,6-14,19H2,1-2H3,(H,36,37,38). The van der Waals surface area contributed by atoms with Gasteiger partial charge in [0, 0.05) is 80.7 Å². The van der Waals surface area contributed by atoms with Gasteiger partial charge in [0.2, 0.25) is 5.95 Å². The Kier molecular flexibility index (Phi) is 7.69. The van der Waals surface area contributed by atoms with E-state index in [1.807, 2.05) is 41.6 Å². The quantitative estimate of drug-likeness (QED) is 0.330. The number of fused-ring (bicyclic) bond motifs is 1. The fourth-order valence-corrected chi connectivity index (χ4v) is 6.40. The predicted molar refractivity (Wildman–Crippen MR) is 170 cm³/mol. The van der Waals surface area contributed by atoms with Crippen LogP contribution in [-0.2, 0) is 11.3 Å². The molecule has 0 amide bonds. The Balaban J connectivity index is 1.27. The number of aliphatic imine (C=N–C) groups is 1. The molecule has 0 radical (unpaired) electrons. The highest BCUT2D eigenvalue weighted by atomic mass is 19.1. The van der Waals surface area contributed by atoms with E-state index >= 15 is 4.39 Å². The van der Waals surface area contributed by atoms with Crippen LogP contribution in [0.2, 0.25) is 0 Å². The van der Waals surface area contributed by atoms with E-state index < -0.39 is 0 Å². The van der Waals surface area contributed by atoms with E-state index in [4.69, 9.17) is 14.8 Å². The summed E-state index contributed by atoms with van der Waals surface area (Å²) in [7, 11) is 0. The number of rotatable bonds is 7. The highest BCUT2D eigenvalue weighted by Crippen LogP contribution is 2.30. The molecule has 228 valence electrons. The lowest BCUT2D eigenvalue weighted by molar-refractivity contribution is 0.0613. The minimum atomic E-state index is -0.301. The zero-order valence-electron chi connectivity index (χ0n) is 25.0. The number of hydrogen-bond donors (Lipinski definition) is 2. The topological polar surface area (TPSA) is 114 Å². The Morgan fingerprint density at radius 1 is 1.14 bits per heavy atom. The van der Waals surface area contributed by atoms with E-state index in [1.54, 1.807) is 23.0 Å². The summed E-state index contributed by atoms with van der Waals surface area (Å²) in [5, 5.41) is 11.9. The van der Waals surface area contributed by atoms with Gasteiger partial charge in [-0.2, -0.15) is 10.1 Å². The molecule has 0 unspecified atom stereocenters. The number of hydrogen-bond acceptors (Lipinski definition) is 9. The molecule has 2 N–H and O–H groups in total. The number of piperazine rings is 1. The van der Waals surface area contributed by atoms with Gasteiger partial charge in [-0.1, -0.05) is 0 Å². The van der Waals surface area contributed by atoms with Gasteiger partial charge < -0.3 is 20.3 Å². The highest BCUT2D eigenvalue weighted by molar-refractivity contribution is 6.04. The largest absolute Gasteiger partial charge is 0.381 e. The fourth-order valence-electron chi connectivity index (χ4n) is 6.40. The van der Waals surface area contributed by atoms with Gasteiger partial charge in [-0.05, 0) is 62.9 Å². The molecule has 7 rings (SSSR count). The number of aryl methyl sites for hydroxylation is 1. The van der Waals surface area contributed by atoms with Crippen LogP contribution in [0.1, 0.15) is 24.2 Å². The lowest BCUT2D eigenvalue weighted by Gasteiger charge is -2.29. The molecule has 3 aromatic heterocycles. The summed E-state index contributed by atoms with van der Waals surface area (Å²) in [4.78, 5) is 30.0. The number of pyridine rings is 1. The van der Waals surface area contributed by atoms with Crippen molar-refractivity contribution in [3.63, 3.8) is 0 Å². The molecule has 1 aromatic carbocycles. The van der Waals surface area contributed by atoms with E-state index in [1.165, 1.54) is 6.07 Å². The van der Waals surface area contributed by atoms with Crippen molar-refractivity contribution in [2.75, 3.05) is 56.2 Å². The molecule has 0 spiro atoms. The number of halogens is 1. The van der Waals surface area contributed by atoms with Gasteiger partial charge in [-0.3, -0.25) is 14.4 Å². The van der Waals surface area contributed by atoms with Crippen molar-refractivity contribution in [2.24, 2.45) is 10.9 Å². The van der Waals surface area contributed by atoms with Crippen molar-refractivity contribution in [1.82, 2.24) is 29.6 Å². The molecule has 2 fully saturated rings. The van der Waals surface area contributed by atoms with Gasteiger partial charge in [0.25, 0.3) is 5.56 Å². The normalized spacial score (nSPS) is 17.4. The van der Waals surface area contributed by atoms with Gasteiger partial charge in [0.05, 0.1) is 29.2 Å². The Bertz CT molecular complexity index is 1830. The molecule has 3 aliphatic rings. The first-order valence-electron chi connectivity index (χ1n) is 15.2. The van der Waals surface area contributed by atoms with Crippen LogP contribution in [0.4, 0.5) is 21.7 Å². The second kappa shape index (κ2) is 11.9. The molecule has 2 saturated heterocycles. The van der Waals surface area contributed by atoms with Crippen LogP contribution in [0.15, 0.2) is 46.3 Å². The molecule has 0 saturated carbocycles. The zero-order chi connectivity index (χ0) is 30.2. The lowest BCUT2D eigenvalue weighted by Crippen LogP contribution is -2.43. The van der Waals surface area contributed by atoms with Gasteiger partial charge >= 0.3 is 0 Å². The monoisotopic (exact) mass is 597 g/mol. The molecule has 12 heteroatoms. The Hall–Kier alpha value is -4.42. The van der Waals surface area contributed by atoms with Crippen molar-refractivity contribution >= 4 is 40.3 Å². The van der Waals surface area contributed by atoms with Gasteiger partial charge in [0.15, 0.2) is 0 Å². The third-order valence-electron chi connectivity index (χ3n) is 8.70. The number of aromatic nitrogens is 5. The van der Waals surface area contributed by atoms with Crippen LogP contribution in [0.3, 0.4) is 0 Å². The van der Waals surface area contributed by atoms with E-state index in [-0.39, 0.29) is 17.3 Å². The molecule has 6 heterocycles. The molecular weight excluding hydrogens is 561 g/mol. The molecule has 3 aliphatic heterocycles. The van der Waals surface area contributed by atoms with Crippen LogP contribution < -0.4 is 21.1 Å². The molecular formula is C32H36FN9O2. The van der Waals surface area contributed by atoms with Crippen LogP contribution in [-0.4, -0.2) is 76.5 Å². The minimum Gasteiger partial charge on any atom is -0.381 e. The lowest BCUT2D eigenvalue weighted by atomic mass is 9.99. The second-order valence-electron chi connectivity index (χ2n) is 11.6. The molecule has 0 aliphatic carbocycles.